The molecule has 1 aliphatic rings. The summed E-state index contributed by atoms with van der Waals surface area (Å²) in [6.45, 7) is 9.62. The van der Waals surface area contributed by atoms with Gasteiger partial charge in [0.15, 0.2) is 11.6 Å². The van der Waals surface area contributed by atoms with Crippen molar-refractivity contribution in [3.05, 3.63) is 42.7 Å². The first-order valence-electron chi connectivity index (χ1n) is 11.0. The van der Waals surface area contributed by atoms with Gasteiger partial charge in [-0.1, -0.05) is 37.8 Å². The lowest BCUT2D eigenvalue weighted by molar-refractivity contribution is -0.174. The first-order chi connectivity index (χ1) is 15.1. The number of rotatable bonds is 13. The molecule has 1 unspecified atom stereocenters. The van der Waals surface area contributed by atoms with Gasteiger partial charge in [-0.25, -0.2) is 0 Å². The Morgan fingerprint density at radius 3 is 2.12 bits per heavy atom. The topological polar surface area (TPSA) is 66.5 Å². The third-order valence-electron chi connectivity index (χ3n) is 5.43. The number of ketones is 1. The van der Waals surface area contributed by atoms with Crippen LogP contribution in [-0.4, -0.2) is 72.6 Å². The van der Waals surface area contributed by atoms with Crippen LogP contribution in [0.2, 0.25) is 19.6 Å². The van der Waals surface area contributed by atoms with E-state index < -0.39 is 14.0 Å². The molecule has 8 heteroatoms. The first-order valence-corrected chi connectivity index (χ1v) is 14.5. The summed E-state index contributed by atoms with van der Waals surface area (Å²) in [7, 11) is 2.94. The minimum atomic E-state index is -1.89. The van der Waals surface area contributed by atoms with Gasteiger partial charge in [0.1, 0.15) is 20.4 Å². The van der Waals surface area contributed by atoms with Gasteiger partial charge in [-0.2, -0.15) is 0 Å². The van der Waals surface area contributed by atoms with Crippen LogP contribution in [0.4, 0.5) is 5.69 Å². The van der Waals surface area contributed by atoms with Crippen LogP contribution in [0.5, 0.6) is 0 Å². The molecule has 0 bridgehead atoms. The molecule has 0 aromatic heterocycles. The number of ether oxygens (including phenoxy) is 5. The van der Waals surface area contributed by atoms with E-state index in [1.165, 1.54) is 19.4 Å². The molecule has 1 fully saturated rings. The minimum absolute atomic E-state index is 0.000453. The van der Waals surface area contributed by atoms with E-state index in [9.17, 15) is 4.79 Å². The molecular formula is C24H39NO6Si. The van der Waals surface area contributed by atoms with Crippen LogP contribution in [-0.2, 0) is 28.5 Å². The first kappa shape index (κ1) is 26.5. The van der Waals surface area contributed by atoms with Gasteiger partial charge in [-0.05, 0) is 19.1 Å². The van der Waals surface area contributed by atoms with Crippen LogP contribution in [0, 0.1) is 0 Å². The maximum Gasteiger partial charge on any atom is 0.168 e. The zero-order valence-corrected chi connectivity index (χ0v) is 21.5. The number of anilines is 1. The SMILES string of the molecule is CO/C=C\C(=O)CC(CC1(C)O[C@@H](COC)[C@H](COC)O1)N(c1ccccc1)[Si](C)(C)C. The third-order valence-corrected chi connectivity index (χ3v) is 7.50. The highest BCUT2D eigenvalue weighted by atomic mass is 28.3. The van der Waals surface area contributed by atoms with Crippen molar-refractivity contribution in [3.63, 3.8) is 0 Å². The van der Waals surface area contributed by atoms with Crippen molar-refractivity contribution < 1.29 is 28.5 Å². The standard InChI is InChI=1S/C24H39NO6Si/c1-24(30-22(17-28-3)23(31-24)18-29-4)16-20(15-21(26)13-14-27-2)25(32(5,6)7)19-11-9-8-10-12-19/h8-14,20,22-23H,15-18H2,1-7H3/b14-13-/t20?,22-,23-/m0/s1. The van der Waals surface area contributed by atoms with Crippen molar-refractivity contribution in [3.8, 4) is 0 Å². The van der Waals surface area contributed by atoms with Crippen molar-refractivity contribution >= 4 is 19.7 Å². The summed E-state index contributed by atoms with van der Waals surface area (Å²) in [6.07, 6.45) is 3.30. The Morgan fingerprint density at radius 1 is 1.09 bits per heavy atom. The molecule has 0 radical (unpaired) electrons. The molecule has 3 atom stereocenters. The molecule has 1 heterocycles. The van der Waals surface area contributed by atoms with Crippen LogP contribution >= 0.6 is 0 Å². The highest BCUT2D eigenvalue weighted by Gasteiger charge is 2.47. The van der Waals surface area contributed by atoms with Crippen LogP contribution < -0.4 is 4.57 Å². The summed E-state index contributed by atoms with van der Waals surface area (Å²) in [6, 6.07) is 10.1. The van der Waals surface area contributed by atoms with Gasteiger partial charge >= 0.3 is 0 Å². The van der Waals surface area contributed by atoms with Crippen LogP contribution in [0.25, 0.3) is 0 Å². The predicted octanol–water partition coefficient (Wildman–Crippen LogP) is 4.00. The van der Waals surface area contributed by atoms with E-state index >= 15 is 0 Å². The monoisotopic (exact) mass is 465 g/mol. The molecule has 0 spiro atoms. The molecule has 0 saturated carbocycles. The van der Waals surface area contributed by atoms with E-state index in [2.05, 4.69) is 36.3 Å². The zero-order valence-electron chi connectivity index (χ0n) is 20.5. The van der Waals surface area contributed by atoms with Gasteiger partial charge in [0, 0.05) is 44.9 Å². The van der Waals surface area contributed by atoms with Crippen molar-refractivity contribution in [2.24, 2.45) is 0 Å². The average molecular weight is 466 g/mol. The van der Waals surface area contributed by atoms with E-state index in [4.69, 9.17) is 23.7 Å². The summed E-state index contributed by atoms with van der Waals surface area (Å²) < 4.78 is 30.8. The summed E-state index contributed by atoms with van der Waals surface area (Å²) in [5, 5.41) is 0. The van der Waals surface area contributed by atoms with Crippen LogP contribution in [0.3, 0.4) is 0 Å². The molecule has 1 aliphatic heterocycles. The van der Waals surface area contributed by atoms with Gasteiger partial charge in [0.25, 0.3) is 0 Å². The molecule has 0 aliphatic carbocycles. The van der Waals surface area contributed by atoms with Crippen molar-refractivity contribution in [1.29, 1.82) is 0 Å². The van der Waals surface area contributed by atoms with Crippen LogP contribution in [0.1, 0.15) is 19.8 Å². The Kier molecular flexibility index (Phi) is 9.91. The largest absolute Gasteiger partial charge is 0.504 e. The lowest BCUT2D eigenvalue weighted by Crippen LogP contribution is -2.55. The number of hydrogen-bond donors (Lipinski definition) is 0. The summed E-state index contributed by atoms with van der Waals surface area (Å²) in [5.74, 6) is -0.867. The fraction of sp³-hybridized carbons (Fsp3) is 0.625. The van der Waals surface area contributed by atoms with E-state index in [0.717, 1.165) is 5.69 Å². The Balaban J connectivity index is 2.37. The lowest BCUT2D eigenvalue weighted by Gasteiger charge is -2.44. The lowest BCUT2D eigenvalue weighted by atomic mass is 10.0. The van der Waals surface area contributed by atoms with Gasteiger partial charge < -0.3 is 28.2 Å². The summed E-state index contributed by atoms with van der Waals surface area (Å²) in [4.78, 5) is 12.8. The Hall–Kier alpha value is -1.71. The fourth-order valence-corrected chi connectivity index (χ4v) is 6.59. The molecule has 180 valence electrons. The second-order valence-electron chi connectivity index (χ2n) is 9.30. The van der Waals surface area contributed by atoms with Crippen molar-refractivity contribution in [2.45, 2.75) is 63.4 Å². The van der Waals surface area contributed by atoms with Crippen molar-refractivity contribution in [2.75, 3.05) is 39.1 Å². The maximum atomic E-state index is 12.8. The summed E-state index contributed by atoms with van der Waals surface area (Å²) in [5.41, 5.74) is 1.10. The highest BCUT2D eigenvalue weighted by Crippen LogP contribution is 2.37. The van der Waals surface area contributed by atoms with E-state index in [0.29, 0.717) is 26.1 Å². The highest BCUT2D eigenvalue weighted by molar-refractivity contribution is 6.79. The molecule has 7 nitrogen and oxygen atoms in total. The predicted molar refractivity (Wildman–Crippen MR) is 128 cm³/mol. The minimum Gasteiger partial charge on any atom is -0.504 e. The molecule has 1 aromatic carbocycles. The smallest absolute Gasteiger partial charge is 0.168 e. The number of hydrogen-bond acceptors (Lipinski definition) is 7. The zero-order chi connectivity index (χ0) is 23.8. The number of nitrogens with zero attached hydrogens (tertiary/aromatic N) is 1. The molecule has 1 aromatic rings. The Morgan fingerprint density at radius 2 is 1.66 bits per heavy atom. The van der Waals surface area contributed by atoms with E-state index in [-0.39, 0.29) is 24.0 Å². The quantitative estimate of drug-likeness (QED) is 0.248. The van der Waals surface area contributed by atoms with Crippen LogP contribution in [0.15, 0.2) is 42.7 Å². The third kappa shape index (κ3) is 7.42. The fourth-order valence-electron chi connectivity index (χ4n) is 4.39. The second-order valence-corrected chi connectivity index (χ2v) is 14.1. The second kappa shape index (κ2) is 11.9. The molecule has 32 heavy (non-hydrogen) atoms. The van der Waals surface area contributed by atoms with Gasteiger partial charge in [0.2, 0.25) is 0 Å². The number of para-hydroxylation sites is 1. The Bertz CT molecular complexity index is 722. The number of allylic oxidation sites excluding steroid dienone is 1. The molecule has 2 rings (SSSR count). The normalized spacial score (nSPS) is 21.6. The Labute approximate surface area is 193 Å². The number of carbonyl (C=O) groups excluding carboxylic acids is 1. The molecule has 0 amide bonds. The van der Waals surface area contributed by atoms with Crippen molar-refractivity contribution in [1.82, 2.24) is 0 Å². The maximum absolute atomic E-state index is 12.8. The van der Waals surface area contributed by atoms with E-state index in [1.807, 2.05) is 25.1 Å². The molecular weight excluding hydrogens is 426 g/mol. The average Bonchev–Trinajstić information content (AvgIpc) is 3.01. The van der Waals surface area contributed by atoms with Gasteiger partial charge in [0.05, 0.1) is 26.6 Å². The van der Waals surface area contributed by atoms with Gasteiger partial charge in [-0.3, -0.25) is 4.79 Å². The number of carbonyl (C=O) groups is 1. The summed E-state index contributed by atoms with van der Waals surface area (Å²) >= 11 is 0. The number of methoxy groups -OCH3 is 3. The van der Waals surface area contributed by atoms with E-state index in [1.54, 1.807) is 14.2 Å². The number of benzene rings is 1. The molecule has 0 N–H and O–H groups in total. The molecule has 1 saturated heterocycles. The van der Waals surface area contributed by atoms with Gasteiger partial charge in [-0.15, -0.1) is 0 Å².